The van der Waals surface area contributed by atoms with Crippen LogP contribution in [0, 0.1) is 0 Å². The Morgan fingerprint density at radius 2 is 2.33 bits per heavy atom. The van der Waals surface area contributed by atoms with Crippen molar-refractivity contribution < 1.29 is 5.11 Å². The van der Waals surface area contributed by atoms with Crippen molar-refractivity contribution in [3.63, 3.8) is 0 Å². The molecule has 1 aromatic rings. The molecule has 1 aliphatic rings. The van der Waals surface area contributed by atoms with Crippen LogP contribution in [0.25, 0.3) is 0 Å². The Hall–Kier alpha value is -1.18. The van der Waals surface area contributed by atoms with Gasteiger partial charge in [0.05, 0.1) is 5.69 Å². The Kier molecular flexibility index (Phi) is 1.68. The third kappa shape index (κ3) is 1.04. The molecule has 64 valence electrons. The van der Waals surface area contributed by atoms with E-state index in [4.69, 9.17) is 0 Å². The van der Waals surface area contributed by atoms with Gasteiger partial charge in [-0.3, -0.25) is 0 Å². The Balaban J connectivity index is 2.52. The molecular weight excluding hydrogens is 150 g/mol. The predicted octanol–water partition coefficient (Wildman–Crippen LogP) is 2.31. The second kappa shape index (κ2) is 2.70. The maximum atomic E-state index is 9.51. The summed E-state index contributed by atoms with van der Waals surface area (Å²) in [7, 11) is 0. The maximum Gasteiger partial charge on any atom is 0.138 e. The second-order valence-corrected chi connectivity index (χ2v) is 3.36. The van der Waals surface area contributed by atoms with Crippen LogP contribution in [0.1, 0.15) is 24.8 Å². The van der Waals surface area contributed by atoms with Crippen LogP contribution < -0.4 is 5.32 Å². The highest BCUT2D eigenvalue weighted by molar-refractivity contribution is 5.63. The summed E-state index contributed by atoms with van der Waals surface area (Å²) in [4.78, 5) is 0. The Labute approximate surface area is 72.2 Å². The van der Waals surface area contributed by atoms with E-state index >= 15 is 0 Å². The van der Waals surface area contributed by atoms with Gasteiger partial charge in [-0.05, 0) is 24.0 Å². The molecule has 2 heteroatoms. The SMILES string of the molecule is CC1CCNc2c(O)cccc21. The van der Waals surface area contributed by atoms with Crippen LogP contribution in [-0.4, -0.2) is 11.7 Å². The first kappa shape index (κ1) is 7.47. The molecule has 2 nitrogen and oxygen atoms in total. The van der Waals surface area contributed by atoms with Gasteiger partial charge in [0.1, 0.15) is 5.75 Å². The fourth-order valence-corrected chi connectivity index (χ4v) is 1.73. The molecule has 0 radical (unpaired) electrons. The average molecular weight is 163 g/mol. The number of benzene rings is 1. The normalized spacial score (nSPS) is 21.2. The van der Waals surface area contributed by atoms with Gasteiger partial charge in [0.2, 0.25) is 0 Å². The van der Waals surface area contributed by atoms with E-state index in [2.05, 4.69) is 18.3 Å². The Morgan fingerprint density at radius 1 is 1.50 bits per heavy atom. The van der Waals surface area contributed by atoms with E-state index in [1.807, 2.05) is 6.07 Å². The molecule has 0 aliphatic carbocycles. The van der Waals surface area contributed by atoms with Gasteiger partial charge in [-0.2, -0.15) is 0 Å². The minimum atomic E-state index is 0.374. The molecule has 0 saturated carbocycles. The number of phenolic OH excluding ortho intramolecular Hbond substituents is 1. The number of fused-ring (bicyclic) bond motifs is 1. The van der Waals surface area contributed by atoms with E-state index in [1.54, 1.807) is 6.07 Å². The zero-order valence-electron chi connectivity index (χ0n) is 7.17. The van der Waals surface area contributed by atoms with Crippen LogP contribution >= 0.6 is 0 Å². The summed E-state index contributed by atoms with van der Waals surface area (Å²) in [5, 5.41) is 12.7. The number of hydrogen-bond acceptors (Lipinski definition) is 2. The topological polar surface area (TPSA) is 32.3 Å². The van der Waals surface area contributed by atoms with Gasteiger partial charge in [-0.1, -0.05) is 19.1 Å². The number of phenols is 1. The van der Waals surface area contributed by atoms with Gasteiger partial charge in [0.25, 0.3) is 0 Å². The molecule has 1 atom stereocenters. The van der Waals surface area contributed by atoms with Gasteiger partial charge in [0.15, 0.2) is 0 Å². The molecule has 2 rings (SSSR count). The molecule has 0 bridgehead atoms. The molecule has 0 saturated heterocycles. The number of aromatic hydroxyl groups is 1. The van der Waals surface area contributed by atoms with Crippen molar-refractivity contribution in [2.45, 2.75) is 19.3 Å². The first-order valence-electron chi connectivity index (χ1n) is 4.35. The van der Waals surface area contributed by atoms with E-state index in [9.17, 15) is 5.11 Å². The van der Waals surface area contributed by atoms with Crippen molar-refractivity contribution in [2.75, 3.05) is 11.9 Å². The monoisotopic (exact) mass is 163 g/mol. The average Bonchev–Trinajstić information content (AvgIpc) is 2.07. The molecule has 1 aliphatic heterocycles. The third-order valence-electron chi connectivity index (χ3n) is 2.48. The fraction of sp³-hybridized carbons (Fsp3) is 0.400. The van der Waals surface area contributed by atoms with Crippen molar-refractivity contribution in [2.24, 2.45) is 0 Å². The van der Waals surface area contributed by atoms with Gasteiger partial charge in [0, 0.05) is 6.54 Å². The maximum absolute atomic E-state index is 9.51. The summed E-state index contributed by atoms with van der Waals surface area (Å²) >= 11 is 0. The molecule has 0 spiro atoms. The van der Waals surface area contributed by atoms with E-state index in [-0.39, 0.29) is 0 Å². The first-order chi connectivity index (χ1) is 5.79. The number of nitrogens with one attached hydrogen (secondary N) is 1. The van der Waals surface area contributed by atoms with E-state index < -0.39 is 0 Å². The quantitative estimate of drug-likeness (QED) is 0.575. The van der Waals surface area contributed by atoms with Gasteiger partial charge in [-0.25, -0.2) is 0 Å². The molecule has 1 aromatic carbocycles. The molecule has 12 heavy (non-hydrogen) atoms. The molecule has 0 amide bonds. The van der Waals surface area contributed by atoms with Crippen LogP contribution in [0.15, 0.2) is 18.2 Å². The molecular formula is C10H13NO. The third-order valence-corrected chi connectivity index (χ3v) is 2.48. The Morgan fingerprint density at radius 3 is 3.08 bits per heavy atom. The largest absolute Gasteiger partial charge is 0.506 e. The van der Waals surface area contributed by atoms with Gasteiger partial charge in [-0.15, -0.1) is 0 Å². The van der Waals surface area contributed by atoms with Crippen LogP contribution in [-0.2, 0) is 0 Å². The highest BCUT2D eigenvalue weighted by Gasteiger charge is 2.17. The molecule has 0 fully saturated rings. The minimum absolute atomic E-state index is 0.374. The highest BCUT2D eigenvalue weighted by atomic mass is 16.3. The van der Waals surface area contributed by atoms with Crippen molar-refractivity contribution in [1.82, 2.24) is 0 Å². The number of para-hydroxylation sites is 1. The van der Waals surface area contributed by atoms with Gasteiger partial charge >= 0.3 is 0 Å². The number of hydrogen-bond donors (Lipinski definition) is 2. The zero-order chi connectivity index (χ0) is 8.55. The van der Waals surface area contributed by atoms with E-state index in [0.717, 1.165) is 18.7 Å². The van der Waals surface area contributed by atoms with Crippen molar-refractivity contribution >= 4 is 5.69 Å². The lowest BCUT2D eigenvalue weighted by Gasteiger charge is -2.24. The second-order valence-electron chi connectivity index (χ2n) is 3.36. The standard InChI is InChI=1S/C10H13NO/c1-7-5-6-11-10-8(7)3-2-4-9(10)12/h2-4,7,11-12H,5-6H2,1H3. The lowest BCUT2D eigenvalue weighted by molar-refractivity contribution is 0.474. The summed E-state index contributed by atoms with van der Waals surface area (Å²) in [6.45, 7) is 3.16. The van der Waals surface area contributed by atoms with Crippen LogP contribution in [0.4, 0.5) is 5.69 Å². The lowest BCUT2D eigenvalue weighted by atomic mass is 9.92. The van der Waals surface area contributed by atoms with Crippen molar-refractivity contribution in [1.29, 1.82) is 0 Å². The summed E-state index contributed by atoms with van der Waals surface area (Å²) in [6.07, 6.45) is 1.15. The zero-order valence-corrected chi connectivity index (χ0v) is 7.17. The van der Waals surface area contributed by atoms with Crippen molar-refractivity contribution in [3.05, 3.63) is 23.8 Å². The summed E-state index contributed by atoms with van der Waals surface area (Å²) in [5.41, 5.74) is 2.16. The van der Waals surface area contributed by atoms with Crippen molar-refractivity contribution in [3.8, 4) is 5.75 Å². The number of rotatable bonds is 0. The molecule has 1 heterocycles. The first-order valence-corrected chi connectivity index (χ1v) is 4.35. The summed E-state index contributed by atoms with van der Waals surface area (Å²) in [6, 6.07) is 5.70. The van der Waals surface area contributed by atoms with Crippen LogP contribution in [0.5, 0.6) is 5.75 Å². The predicted molar refractivity (Wildman–Crippen MR) is 49.6 cm³/mol. The Bertz CT molecular complexity index is 296. The molecule has 2 N–H and O–H groups in total. The fourth-order valence-electron chi connectivity index (χ4n) is 1.73. The van der Waals surface area contributed by atoms with Crippen LogP contribution in [0.2, 0.25) is 0 Å². The minimum Gasteiger partial charge on any atom is -0.506 e. The summed E-state index contributed by atoms with van der Waals surface area (Å²) < 4.78 is 0. The van der Waals surface area contributed by atoms with Crippen LogP contribution in [0.3, 0.4) is 0 Å². The lowest BCUT2D eigenvalue weighted by Crippen LogP contribution is -2.14. The van der Waals surface area contributed by atoms with E-state index in [0.29, 0.717) is 11.7 Å². The molecule has 1 unspecified atom stereocenters. The molecule has 0 aromatic heterocycles. The van der Waals surface area contributed by atoms with E-state index in [1.165, 1.54) is 5.56 Å². The smallest absolute Gasteiger partial charge is 0.138 e. The summed E-state index contributed by atoms with van der Waals surface area (Å²) in [5.74, 6) is 0.937. The number of anilines is 1. The van der Waals surface area contributed by atoms with Gasteiger partial charge < -0.3 is 10.4 Å². The highest BCUT2D eigenvalue weighted by Crippen LogP contribution is 2.36.